The summed E-state index contributed by atoms with van der Waals surface area (Å²) in [6, 6.07) is 0.499. The highest BCUT2D eigenvalue weighted by Crippen LogP contribution is 2.28. The molecule has 1 saturated carbocycles. The van der Waals surface area contributed by atoms with Crippen LogP contribution in [0.3, 0.4) is 0 Å². The van der Waals surface area contributed by atoms with E-state index in [1.807, 2.05) is 0 Å². The third-order valence-electron chi connectivity index (χ3n) is 3.18. The maximum atomic E-state index is 5.66. The molecule has 5 heteroatoms. The first-order chi connectivity index (χ1) is 9.15. The van der Waals surface area contributed by atoms with E-state index in [-0.39, 0.29) is 0 Å². The minimum atomic E-state index is 0.499. The van der Waals surface area contributed by atoms with Gasteiger partial charge in [0.15, 0.2) is 5.13 Å². The van der Waals surface area contributed by atoms with E-state index >= 15 is 0 Å². The zero-order chi connectivity index (χ0) is 13.7. The summed E-state index contributed by atoms with van der Waals surface area (Å²) in [5.41, 5.74) is 1.12. The number of ether oxygens (including phenoxy) is 1. The van der Waals surface area contributed by atoms with E-state index in [9.17, 15) is 0 Å². The monoisotopic (exact) mass is 283 g/mol. The largest absolute Gasteiger partial charge is 0.379 e. The summed E-state index contributed by atoms with van der Waals surface area (Å²) in [5, 5.41) is 6.60. The zero-order valence-corrected chi connectivity index (χ0v) is 13.0. The Morgan fingerprint density at radius 2 is 2.32 bits per heavy atom. The minimum absolute atomic E-state index is 0.499. The molecule has 1 aliphatic rings. The fraction of sp³-hybridized carbons (Fsp3) is 0.786. The smallest absolute Gasteiger partial charge is 0.185 e. The Balaban J connectivity index is 1.67. The molecule has 0 aromatic carbocycles. The zero-order valence-electron chi connectivity index (χ0n) is 12.2. The summed E-state index contributed by atoms with van der Waals surface area (Å²) < 4.78 is 5.66. The third-order valence-corrected chi connectivity index (χ3v) is 4.18. The summed E-state index contributed by atoms with van der Waals surface area (Å²) in [5.74, 6) is 0.846. The van der Waals surface area contributed by atoms with Crippen LogP contribution in [-0.2, 0) is 11.3 Å². The number of thiazole rings is 1. The van der Waals surface area contributed by atoms with Crippen molar-refractivity contribution < 1.29 is 4.74 Å². The van der Waals surface area contributed by atoms with E-state index in [2.05, 4.69) is 41.5 Å². The van der Waals surface area contributed by atoms with Crippen molar-refractivity contribution in [3.63, 3.8) is 0 Å². The van der Waals surface area contributed by atoms with Crippen LogP contribution in [-0.4, -0.2) is 37.8 Å². The molecular formula is C14H25N3OS. The number of nitrogens with zero attached hydrogens (tertiary/aromatic N) is 2. The van der Waals surface area contributed by atoms with E-state index in [1.54, 1.807) is 11.3 Å². The number of likely N-dealkylation sites (N-methyl/N-ethyl adjacent to an activating group) is 1. The number of aromatic nitrogens is 1. The highest BCUT2D eigenvalue weighted by Gasteiger charge is 2.21. The molecule has 0 radical (unpaired) electrons. The molecule has 1 aromatic heterocycles. The van der Waals surface area contributed by atoms with Crippen molar-refractivity contribution in [1.29, 1.82) is 0 Å². The lowest BCUT2D eigenvalue weighted by atomic mass is 10.4. The SMILES string of the molecule is CC(C)NCc1csc(N(C)CCOCC2CC2)n1. The quantitative estimate of drug-likeness (QED) is 0.707. The molecule has 1 aliphatic carbocycles. The van der Waals surface area contributed by atoms with Crippen molar-refractivity contribution in [3.05, 3.63) is 11.1 Å². The molecule has 1 aromatic rings. The molecule has 0 bridgehead atoms. The molecular weight excluding hydrogens is 258 g/mol. The Morgan fingerprint density at radius 1 is 1.53 bits per heavy atom. The molecule has 0 aliphatic heterocycles. The fourth-order valence-corrected chi connectivity index (χ4v) is 2.51. The topological polar surface area (TPSA) is 37.4 Å². The number of rotatable bonds is 9. The molecule has 108 valence electrons. The molecule has 0 saturated heterocycles. The van der Waals surface area contributed by atoms with Crippen molar-refractivity contribution in [1.82, 2.24) is 10.3 Å². The van der Waals surface area contributed by atoms with E-state index in [0.717, 1.165) is 43.0 Å². The maximum absolute atomic E-state index is 5.66. The first-order valence-corrected chi connectivity index (χ1v) is 7.99. The molecule has 1 heterocycles. The molecule has 1 fully saturated rings. The molecule has 2 rings (SSSR count). The molecule has 0 spiro atoms. The second-order valence-electron chi connectivity index (χ2n) is 5.60. The van der Waals surface area contributed by atoms with Gasteiger partial charge in [0.1, 0.15) is 0 Å². The predicted octanol–water partition coefficient (Wildman–Crippen LogP) is 2.50. The highest BCUT2D eigenvalue weighted by atomic mass is 32.1. The predicted molar refractivity (Wildman–Crippen MR) is 80.9 cm³/mol. The van der Waals surface area contributed by atoms with Crippen molar-refractivity contribution >= 4 is 16.5 Å². The van der Waals surface area contributed by atoms with Gasteiger partial charge in [-0.15, -0.1) is 11.3 Å². The summed E-state index contributed by atoms with van der Waals surface area (Å²) in [4.78, 5) is 6.81. The molecule has 1 N–H and O–H groups in total. The van der Waals surface area contributed by atoms with Crippen LogP contribution in [0.2, 0.25) is 0 Å². The van der Waals surface area contributed by atoms with E-state index in [1.165, 1.54) is 12.8 Å². The van der Waals surface area contributed by atoms with Crippen molar-refractivity contribution in [2.45, 2.75) is 39.3 Å². The second-order valence-corrected chi connectivity index (χ2v) is 6.43. The van der Waals surface area contributed by atoms with Crippen LogP contribution < -0.4 is 10.2 Å². The van der Waals surface area contributed by atoms with Gasteiger partial charge in [0.05, 0.1) is 12.3 Å². The van der Waals surface area contributed by atoms with E-state index in [0.29, 0.717) is 6.04 Å². The van der Waals surface area contributed by atoms with Gasteiger partial charge in [-0.2, -0.15) is 0 Å². The molecule has 0 unspecified atom stereocenters. The summed E-state index contributed by atoms with van der Waals surface area (Å²) in [6.45, 7) is 7.80. The number of hydrogen-bond donors (Lipinski definition) is 1. The van der Waals surface area contributed by atoms with Crippen molar-refractivity contribution in [3.8, 4) is 0 Å². The van der Waals surface area contributed by atoms with Gasteiger partial charge in [-0.25, -0.2) is 4.98 Å². The fourth-order valence-electron chi connectivity index (χ4n) is 1.69. The first-order valence-electron chi connectivity index (χ1n) is 7.12. The maximum Gasteiger partial charge on any atom is 0.185 e. The average Bonchev–Trinajstić information content (AvgIpc) is 3.07. The highest BCUT2D eigenvalue weighted by molar-refractivity contribution is 7.13. The van der Waals surface area contributed by atoms with Crippen LogP contribution in [0.15, 0.2) is 5.38 Å². The molecule has 0 atom stereocenters. The summed E-state index contributed by atoms with van der Waals surface area (Å²) in [7, 11) is 2.08. The molecule has 4 nitrogen and oxygen atoms in total. The van der Waals surface area contributed by atoms with Crippen LogP contribution in [0, 0.1) is 5.92 Å². The van der Waals surface area contributed by atoms with Gasteiger partial charge in [-0.1, -0.05) is 13.8 Å². The van der Waals surface area contributed by atoms with Crippen molar-refractivity contribution in [2.75, 3.05) is 31.7 Å². The van der Waals surface area contributed by atoms with Gasteiger partial charge >= 0.3 is 0 Å². The Morgan fingerprint density at radius 3 is 3.00 bits per heavy atom. The van der Waals surface area contributed by atoms with Gasteiger partial charge in [0.2, 0.25) is 0 Å². The van der Waals surface area contributed by atoms with Crippen LogP contribution in [0.5, 0.6) is 0 Å². The van der Waals surface area contributed by atoms with Gasteiger partial charge in [-0.05, 0) is 18.8 Å². The average molecular weight is 283 g/mol. The Bertz CT molecular complexity index is 377. The van der Waals surface area contributed by atoms with Gasteiger partial charge < -0.3 is 15.0 Å². The van der Waals surface area contributed by atoms with Crippen molar-refractivity contribution in [2.24, 2.45) is 5.92 Å². The second kappa shape index (κ2) is 7.22. The number of anilines is 1. The normalized spacial score (nSPS) is 15.2. The standard InChI is InChI=1S/C14H25N3OS/c1-11(2)15-8-13-10-19-14(16-13)17(3)6-7-18-9-12-4-5-12/h10-12,15H,4-9H2,1-3H3. The summed E-state index contributed by atoms with van der Waals surface area (Å²) >= 11 is 1.71. The Labute approximate surface area is 120 Å². The van der Waals surface area contributed by atoms with Gasteiger partial charge in [0, 0.05) is 38.2 Å². The van der Waals surface area contributed by atoms with Crippen LogP contribution >= 0.6 is 11.3 Å². The number of nitrogens with one attached hydrogen (secondary N) is 1. The molecule has 0 amide bonds. The van der Waals surface area contributed by atoms with E-state index < -0.39 is 0 Å². The lowest BCUT2D eigenvalue weighted by molar-refractivity contribution is 0.131. The van der Waals surface area contributed by atoms with Crippen LogP contribution in [0.4, 0.5) is 5.13 Å². The Hall–Kier alpha value is -0.650. The lowest BCUT2D eigenvalue weighted by Gasteiger charge is -2.15. The van der Waals surface area contributed by atoms with Crippen LogP contribution in [0.25, 0.3) is 0 Å². The van der Waals surface area contributed by atoms with Gasteiger partial charge in [-0.3, -0.25) is 0 Å². The first kappa shape index (κ1) is 14.8. The van der Waals surface area contributed by atoms with Gasteiger partial charge in [0.25, 0.3) is 0 Å². The Kier molecular flexibility index (Phi) is 5.60. The number of hydrogen-bond acceptors (Lipinski definition) is 5. The molecule has 19 heavy (non-hydrogen) atoms. The van der Waals surface area contributed by atoms with Crippen LogP contribution in [0.1, 0.15) is 32.4 Å². The minimum Gasteiger partial charge on any atom is -0.379 e. The summed E-state index contributed by atoms with van der Waals surface area (Å²) in [6.07, 6.45) is 2.71. The lowest BCUT2D eigenvalue weighted by Crippen LogP contribution is -2.24. The van der Waals surface area contributed by atoms with E-state index in [4.69, 9.17) is 4.74 Å². The third kappa shape index (κ3) is 5.47.